The van der Waals surface area contributed by atoms with Gasteiger partial charge in [0, 0.05) is 5.75 Å². The van der Waals surface area contributed by atoms with Crippen LogP contribution >= 0.6 is 11.8 Å². The minimum Gasteiger partial charge on any atom is -0.497 e. The van der Waals surface area contributed by atoms with Crippen LogP contribution in [-0.2, 0) is 5.75 Å². The van der Waals surface area contributed by atoms with Gasteiger partial charge in [-0.3, -0.25) is 4.57 Å². The average molecular weight is 381 g/mol. The molecule has 0 spiro atoms. The van der Waals surface area contributed by atoms with Crippen LogP contribution in [0.2, 0.25) is 0 Å². The molecule has 0 radical (unpaired) electrons. The lowest BCUT2D eigenvalue weighted by Crippen LogP contribution is -2.02. The third-order valence-electron chi connectivity index (χ3n) is 4.00. The van der Waals surface area contributed by atoms with Crippen LogP contribution in [0.1, 0.15) is 5.56 Å². The van der Waals surface area contributed by atoms with Crippen molar-refractivity contribution in [3.8, 4) is 23.0 Å². The molecule has 0 saturated heterocycles. The molecule has 2 heterocycles. The van der Waals surface area contributed by atoms with E-state index in [0.717, 1.165) is 11.3 Å². The Kier molecular flexibility index (Phi) is 4.93. The Hall–Kier alpha value is -3.06. The second-order valence-electron chi connectivity index (χ2n) is 5.71. The number of methoxy groups -OCH3 is 1. The smallest absolute Gasteiger partial charge is 0.205 e. The quantitative estimate of drug-likeness (QED) is 0.442. The van der Waals surface area contributed by atoms with Crippen LogP contribution < -0.4 is 4.74 Å². The molecule has 4 aromatic rings. The standard InChI is InChI=1S/C20H16FN3O2S/c1-25-15-10-8-14(9-11-15)13-27-20-23-22-19(18-7-4-12-26-18)24(20)17-6-3-2-5-16(17)21/h2-12H,13H2,1H3. The number of hydrogen-bond donors (Lipinski definition) is 0. The van der Waals surface area contributed by atoms with Gasteiger partial charge in [0.2, 0.25) is 5.82 Å². The van der Waals surface area contributed by atoms with Gasteiger partial charge in [0.1, 0.15) is 11.6 Å². The SMILES string of the molecule is COc1ccc(CSc2nnc(-c3ccco3)n2-c2ccccc2F)cc1. The Balaban J connectivity index is 1.69. The third kappa shape index (κ3) is 3.59. The van der Waals surface area contributed by atoms with Crippen LogP contribution in [0.25, 0.3) is 17.3 Å². The van der Waals surface area contributed by atoms with Gasteiger partial charge in [0.05, 0.1) is 19.1 Å². The van der Waals surface area contributed by atoms with Crippen molar-refractivity contribution in [2.75, 3.05) is 7.11 Å². The number of furan rings is 1. The molecular formula is C20H16FN3O2S. The minimum absolute atomic E-state index is 0.351. The van der Waals surface area contributed by atoms with Crippen molar-refractivity contribution < 1.29 is 13.5 Å². The van der Waals surface area contributed by atoms with Gasteiger partial charge in [-0.2, -0.15) is 0 Å². The minimum atomic E-state index is -0.351. The largest absolute Gasteiger partial charge is 0.497 e. The summed E-state index contributed by atoms with van der Waals surface area (Å²) in [4.78, 5) is 0. The van der Waals surface area contributed by atoms with Crippen LogP contribution in [0.5, 0.6) is 5.75 Å². The molecule has 2 aromatic carbocycles. The highest BCUT2D eigenvalue weighted by molar-refractivity contribution is 7.98. The van der Waals surface area contributed by atoms with E-state index in [2.05, 4.69) is 10.2 Å². The van der Waals surface area contributed by atoms with E-state index in [9.17, 15) is 4.39 Å². The first-order valence-corrected chi connectivity index (χ1v) is 9.25. The Labute approximate surface area is 159 Å². The van der Waals surface area contributed by atoms with E-state index in [1.165, 1.54) is 17.8 Å². The molecular weight excluding hydrogens is 365 g/mol. The monoisotopic (exact) mass is 381 g/mol. The summed E-state index contributed by atoms with van der Waals surface area (Å²) in [6, 6.07) is 17.9. The predicted molar refractivity (Wildman–Crippen MR) is 102 cm³/mol. The molecule has 27 heavy (non-hydrogen) atoms. The van der Waals surface area contributed by atoms with E-state index >= 15 is 0 Å². The zero-order valence-corrected chi connectivity index (χ0v) is 15.3. The van der Waals surface area contributed by atoms with Crippen LogP contribution in [0.3, 0.4) is 0 Å². The Bertz CT molecular complexity index is 1030. The number of halogens is 1. The van der Waals surface area contributed by atoms with Gasteiger partial charge in [-0.25, -0.2) is 4.39 Å². The van der Waals surface area contributed by atoms with Gasteiger partial charge in [0.25, 0.3) is 0 Å². The molecule has 4 rings (SSSR count). The average Bonchev–Trinajstić information content (AvgIpc) is 3.37. The number of nitrogens with zero attached hydrogens (tertiary/aromatic N) is 3. The van der Waals surface area contributed by atoms with Crippen LogP contribution in [-0.4, -0.2) is 21.9 Å². The van der Waals surface area contributed by atoms with Crippen molar-refractivity contribution in [3.05, 3.63) is 78.3 Å². The fraction of sp³-hybridized carbons (Fsp3) is 0.100. The van der Waals surface area contributed by atoms with Crippen molar-refractivity contribution in [3.63, 3.8) is 0 Å². The van der Waals surface area contributed by atoms with Gasteiger partial charge in [-0.05, 0) is 42.0 Å². The van der Waals surface area contributed by atoms with Gasteiger partial charge in [0.15, 0.2) is 10.9 Å². The highest BCUT2D eigenvalue weighted by Crippen LogP contribution is 2.31. The van der Waals surface area contributed by atoms with E-state index in [0.29, 0.717) is 28.2 Å². The first kappa shape index (κ1) is 17.4. The highest BCUT2D eigenvalue weighted by atomic mass is 32.2. The molecule has 2 aromatic heterocycles. The van der Waals surface area contributed by atoms with Crippen molar-refractivity contribution in [2.24, 2.45) is 0 Å². The maximum Gasteiger partial charge on any atom is 0.205 e. The molecule has 0 amide bonds. The Morgan fingerprint density at radius 2 is 1.85 bits per heavy atom. The van der Waals surface area contributed by atoms with Crippen molar-refractivity contribution in [2.45, 2.75) is 10.9 Å². The second-order valence-corrected chi connectivity index (χ2v) is 6.65. The number of ether oxygens (including phenoxy) is 1. The summed E-state index contributed by atoms with van der Waals surface area (Å²) in [7, 11) is 1.64. The van der Waals surface area contributed by atoms with Gasteiger partial charge in [-0.1, -0.05) is 36.0 Å². The number of para-hydroxylation sites is 1. The van der Waals surface area contributed by atoms with Crippen LogP contribution in [0.15, 0.2) is 76.5 Å². The highest BCUT2D eigenvalue weighted by Gasteiger charge is 2.20. The predicted octanol–water partition coefficient (Wildman–Crippen LogP) is 4.97. The zero-order chi connectivity index (χ0) is 18.6. The fourth-order valence-corrected chi connectivity index (χ4v) is 3.55. The number of aromatic nitrogens is 3. The Morgan fingerprint density at radius 3 is 2.56 bits per heavy atom. The van der Waals surface area contributed by atoms with E-state index < -0.39 is 0 Å². The summed E-state index contributed by atoms with van der Waals surface area (Å²) >= 11 is 1.48. The van der Waals surface area contributed by atoms with Crippen LogP contribution in [0.4, 0.5) is 4.39 Å². The summed E-state index contributed by atoms with van der Waals surface area (Å²) in [5.41, 5.74) is 1.48. The number of benzene rings is 2. The second kappa shape index (κ2) is 7.67. The molecule has 7 heteroatoms. The summed E-state index contributed by atoms with van der Waals surface area (Å²) in [5, 5.41) is 9.08. The maximum absolute atomic E-state index is 14.5. The van der Waals surface area contributed by atoms with Gasteiger partial charge < -0.3 is 9.15 Å². The molecule has 0 N–H and O–H groups in total. The molecule has 0 unspecified atom stereocenters. The number of rotatable bonds is 6. The molecule has 0 atom stereocenters. The first-order chi connectivity index (χ1) is 13.3. The van der Waals surface area contributed by atoms with E-state index in [4.69, 9.17) is 9.15 Å². The van der Waals surface area contributed by atoms with Gasteiger partial charge in [-0.15, -0.1) is 10.2 Å². The molecule has 0 aliphatic rings. The Morgan fingerprint density at radius 1 is 1.04 bits per heavy atom. The summed E-state index contributed by atoms with van der Waals surface area (Å²) < 4.78 is 26.8. The lowest BCUT2D eigenvalue weighted by molar-refractivity contribution is 0.414. The van der Waals surface area contributed by atoms with E-state index in [1.807, 2.05) is 24.3 Å². The first-order valence-electron chi connectivity index (χ1n) is 8.26. The molecule has 0 bridgehead atoms. The van der Waals surface area contributed by atoms with Crippen molar-refractivity contribution in [1.82, 2.24) is 14.8 Å². The lowest BCUT2D eigenvalue weighted by Gasteiger charge is -2.10. The van der Waals surface area contributed by atoms with E-state index in [-0.39, 0.29) is 5.82 Å². The maximum atomic E-state index is 14.5. The number of hydrogen-bond acceptors (Lipinski definition) is 5. The topological polar surface area (TPSA) is 53.1 Å². The molecule has 0 aliphatic heterocycles. The number of thioether (sulfide) groups is 1. The molecule has 0 saturated carbocycles. The third-order valence-corrected chi connectivity index (χ3v) is 5.00. The van der Waals surface area contributed by atoms with Gasteiger partial charge >= 0.3 is 0 Å². The normalized spacial score (nSPS) is 10.9. The van der Waals surface area contributed by atoms with E-state index in [1.54, 1.807) is 48.3 Å². The summed E-state index contributed by atoms with van der Waals surface area (Å²) in [5.74, 6) is 2.11. The van der Waals surface area contributed by atoms with Crippen molar-refractivity contribution >= 4 is 11.8 Å². The van der Waals surface area contributed by atoms with Crippen molar-refractivity contribution in [1.29, 1.82) is 0 Å². The van der Waals surface area contributed by atoms with Crippen LogP contribution in [0, 0.1) is 5.82 Å². The molecule has 5 nitrogen and oxygen atoms in total. The summed E-state index contributed by atoms with van der Waals surface area (Å²) in [6.07, 6.45) is 1.56. The molecule has 136 valence electrons. The fourth-order valence-electron chi connectivity index (χ4n) is 2.65. The molecule has 0 fully saturated rings. The zero-order valence-electron chi connectivity index (χ0n) is 14.5. The molecule has 0 aliphatic carbocycles. The summed E-state index contributed by atoms with van der Waals surface area (Å²) in [6.45, 7) is 0. The lowest BCUT2D eigenvalue weighted by atomic mass is 10.2.